The number of fused-ring (bicyclic) bond motifs is 1. The van der Waals surface area contributed by atoms with Crippen LogP contribution in [-0.2, 0) is 6.18 Å². The fourth-order valence-corrected chi connectivity index (χ4v) is 2.27. The van der Waals surface area contributed by atoms with Crippen LogP contribution in [0.4, 0.5) is 13.2 Å². The molecule has 1 N–H and O–H groups in total. The first-order valence-corrected chi connectivity index (χ1v) is 4.31. The summed E-state index contributed by atoms with van der Waals surface area (Å²) in [6.45, 7) is 1.46. The van der Waals surface area contributed by atoms with Gasteiger partial charge in [0.15, 0.2) is 0 Å². The molecule has 13 heavy (non-hydrogen) atoms. The highest BCUT2D eigenvalue weighted by atomic mass is 32.1. The lowest BCUT2D eigenvalue weighted by Gasteiger charge is -2.04. The van der Waals surface area contributed by atoms with Crippen LogP contribution >= 0.6 is 11.3 Å². The molecule has 0 aliphatic carbocycles. The Kier molecular flexibility index (Phi) is 1.63. The molecule has 2 aromatic rings. The maximum Gasteiger partial charge on any atom is 0.418 e. The smallest absolute Gasteiger partial charge is 0.268 e. The molecule has 0 saturated carbocycles. The number of hydrogen-bond donors (Lipinski definition) is 1. The largest absolute Gasteiger partial charge is 0.418 e. The zero-order valence-electron chi connectivity index (χ0n) is 6.57. The zero-order valence-corrected chi connectivity index (χ0v) is 7.38. The standard InChI is InChI=1S/C7H5F3N2S/c1-3-5(7(8,9)10)4-2-11-12-6(4)13-3/h2H,1H3,(H,11,12). The Balaban J connectivity index is 2.78. The molecule has 0 atom stereocenters. The van der Waals surface area contributed by atoms with Crippen LogP contribution in [0, 0.1) is 6.92 Å². The first kappa shape index (κ1) is 8.55. The minimum atomic E-state index is -4.29. The average Bonchev–Trinajstić information content (AvgIpc) is 2.41. The first-order chi connectivity index (χ1) is 6.00. The van der Waals surface area contributed by atoms with Gasteiger partial charge in [-0.3, -0.25) is 5.10 Å². The average molecular weight is 206 g/mol. The van der Waals surface area contributed by atoms with Gasteiger partial charge in [0.2, 0.25) is 0 Å². The van der Waals surface area contributed by atoms with Gasteiger partial charge in [0.1, 0.15) is 4.83 Å². The van der Waals surface area contributed by atoms with Crippen LogP contribution in [0.1, 0.15) is 10.4 Å². The Bertz CT molecular complexity index is 440. The molecule has 2 heterocycles. The van der Waals surface area contributed by atoms with E-state index in [1.807, 2.05) is 0 Å². The number of nitrogens with zero attached hydrogens (tertiary/aromatic N) is 1. The van der Waals surface area contributed by atoms with Crippen LogP contribution in [0.15, 0.2) is 6.20 Å². The Hall–Kier alpha value is -1.04. The van der Waals surface area contributed by atoms with Gasteiger partial charge in [0.25, 0.3) is 0 Å². The van der Waals surface area contributed by atoms with Gasteiger partial charge in [-0.1, -0.05) is 0 Å². The number of halogens is 3. The highest BCUT2D eigenvalue weighted by Crippen LogP contribution is 2.40. The van der Waals surface area contributed by atoms with Crippen molar-refractivity contribution in [3.05, 3.63) is 16.6 Å². The van der Waals surface area contributed by atoms with E-state index in [0.29, 0.717) is 4.83 Å². The lowest BCUT2D eigenvalue weighted by Crippen LogP contribution is -2.04. The molecular weight excluding hydrogens is 201 g/mol. The van der Waals surface area contributed by atoms with Gasteiger partial charge in [-0.15, -0.1) is 11.3 Å². The summed E-state index contributed by atoms with van der Waals surface area (Å²) in [6, 6.07) is 0. The molecule has 6 heteroatoms. The summed E-state index contributed by atoms with van der Waals surface area (Å²) in [6.07, 6.45) is -3.08. The molecule has 0 aliphatic rings. The number of thiophene rings is 1. The summed E-state index contributed by atoms with van der Waals surface area (Å²) in [5, 5.41) is 6.25. The number of aromatic amines is 1. The molecule has 0 amide bonds. The molecule has 0 aromatic carbocycles. The summed E-state index contributed by atoms with van der Waals surface area (Å²) in [5.74, 6) is 0. The van der Waals surface area contributed by atoms with E-state index in [1.165, 1.54) is 13.1 Å². The van der Waals surface area contributed by atoms with Gasteiger partial charge in [-0.05, 0) is 6.92 Å². The van der Waals surface area contributed by atoms with Crippen LogP contribution in [0.25, 0.3) is 10.2 Å². The van der Waals surface area contributed by atoms with Crippen LogP contribution in [-0.4, -0.2) is 10.2 Å². The molecule has 0 fully saturated rings. The van der Waals surface area contributed by atoms with E-state index in [4.69, 9.17) is 0 Å². The van der Waals surface area contributed by atoms with Gasteiger partial charge in [0, 0.05) is 10.3 Å². The van der Waals surface area contributed by atoms with E-state index < -0.39 is 11.7 Å². The van der Waals surface area contributed by atoms with Crippen molar-refractivity contribution in [1.82, 2.24) is 10.2 Å². The topological polar surface area (TPSA) is 28.7 Å². The monoisotopic (exact) mass is 206 g/mol. The van der Waals surface area contributed by atoms with Crippen molar-refractivity contribution in [1.29, 1.82) is 0 Å². The third-order valence-corrected chi connectivity index (χ3v) is 2.79. The number of hydrogen-bond acceptors (Lipinski definition) is 2. The molecule has 0 bridgehead atoms. The molecule has 2 aromatic heterocycles. The first-order valence-electron chi connectivity index (χ1n) is 3.50. The third-order valence-electron chi connectivity index (χ3n) is 1.76. The molecule has 70 valence electrons. The van der Waals surface area contributed by atoms with Gasteiger partial charge in [-0.2, -0.15) is 18.3 Å². The van der Waals surface area contributed by atoms with Crippen LogP contribution in [0.2, 0.25) is 0 Å². The highest BCUT2D eigenvalue weighted by Gasteiger charge is 2.36. The molecule has 0 aliphatic heterocycles. The second-order valence-electron chi connectivity index (χ2n) is 2.64. The van der Waals surface area contributed by atoms with E-state index in [1.54, 1.807) is 0 Å². The lowest BCUT2D eigenvalue weighted by molar-refractivity contribution is -0.136. The quantitative estimate of drug-likeness (QED) is 0.705. The number of aromatic nitrogens is 2. The second-order valence-corrected chi connectivity index (χ2v) is 3.87. The van der Waals surface area contributed by atoms with Crippen molar-refractivity contribution >= 4 is 21.6 Å². The predicted molar refractivity (Wildman–Crippen MR) is 43.7 cm³/mol. The van der Waals surface area contributed by atoms with Crippen molar-refractivity contribution < 1.29 is 13.2 Å². The van der Waals surface area contributed by atoms with E-state index in [9.17, 15) is 13.2 Å². The van der Waals surface area contributed by atoms with E-state index in [0.717, 1.165) is 11.3 Å². The Labute approximate surface area is 75.4 Å². The molecule has 0 radical (unpaired) electrons. The second kappa shape index (κ2) is 2.47. The fraction of sp³-hybridized carbons (Fsp3) is 0.286. The summed E-state index contributed by atoms with van der Waals surface area (Å²) in [7, 11) is 0. The normalized spacial score (nSPS) is 12.6. The summed E-state index contributed by atoms with van der Waals surface area (Å²) in [5.41, 5.74) is -0.568. The molecule has 0 spiro atoms. The maximum absolute atomic E-state index is 12.5. The molecule has 2 rings (SSSR count). The van der Waals surface area contributed by atoms with Crippen LogP contribution in [0.3, 0.4) is 0 Å². The molecule has 2 nitrogen and oxygen atoms in total. The number of rotatable bonds is 0. The lowest BCUT2D eigenvalue weighted by atomic mass is 10.2. The molecule has 0 saturated heterocycles. The summed E-state index contributed by atoms with van der Waals surface area (Å²) >= 11 is 1.07. The van der Waals surface area contributed by atoms with Gasteiger partial charge < -0.3 is 0 Å². The van der Waals surface area contributed by atoms with E-state index >= 15 is 0 Å². The Morgan fingerprint density at radius 3 is 2.77 bits per heavy atom. The number of alkyl halides is 3. The van der Waals surface area contributed by atoms with Crippen LogP contribution < -0.4 is 0 Å². The Morgan fingerprint density at radius 2 is 2.15 bits per heavy atom. The Morgan fingerprint density at radius 1 is 1.46 bits per heavy atom. The van der Waals surface area contributed by atoms with Crippen molar-refractivity contribution in [2.24, 2.45) is 0 Å². The number of aryl methyl sites for hydroxylation is 1. The van der Waals surface area contributed by atoms with Crippen molar-refractivity contribution in [3.63, 3.8) is 0 Å². The third kappa shape index (κ3) is 1.21. The van der Waals surface area contributed by atoms with Crippen molar-refractivity contribution in [2.45, 2.75) is 13.1 Å². The predicted octanol–water partition coefficient (Wildman–Crippen LogP) is 2.95. The molecule has 0 unspecified atom stereocenters. The van der Waals surface area contributed by atoms with Crippen molar-refractivity contribution in [2.75, 3.05) is 0 Å². The summed E-state index contributed by atoms with van der Waals surface area (Å²) in [4.78, 5) is 0.751. The highest BCUT2D eigenvalue weighted by molar-refractivity contribution is 7.18. The maximum atomic E-state index is 12.5. The fourth-order valence-electron chi connectivity index (χ4n) is 1.28. The van der Waals surface area contributed by atoms with Gasteiger partial charge >= 0.3 is 6.18 Å². The zero-order chi connectivity index (χ0) is 9.64. The molecular formula is C7H5F3N2S. The minimum absolute atomic E-state index is 0.162. The number of nitrogens with one attached hydrogen (secondary N) is 1. The minimum Gasteiger partial charge on any atom is -0.268 e. The SMILES string of the molecule is Cc1sc2[nH]ncc2c1C(F)(F)F. The van der Waals surface area contributed by atoms with Gasteiger partial charge in [0.05, 0.1) is 11.8 Å². The van der Waals surface area contributed by atoms with Crippen molar-refractivity contribution in [3.8, 4) is 0 Å². The van der Waals surface area contributed by atoms with E-state index in [2.05, 4.69) is 10.2 Å². The van der Waals surface area contributed by atoms with Crippen LogP contribution in [0.5, 0.6) is 0 Å². The number of H-pyrrole nitrogens is 1. The van der Waals surface area contributed by atoms with E-state index in [-0.39, 0.29) is 10.3 Å². The van der Waals surface area contributed by atoms with Gasteiger partial charge in [-0.25, -0.2) is 0 Å². The summed E-state index contributed by atoms with van der Waals surface area (Å²) < 4.78 is 37.4.